The second-order valence-electron chi connectivity index (χ2n) is 4.38. The van der Waals surface area contributed by atoms with Crippen LogP contribution in [0, 0.1) is 5.92 Å². The number of nitrogens with zero attached hydrogens (tertiary/aromatic N) is 1. The number of likely N-dealkylation sites (tertiary alicyclic amines) is 1. The van der Waals surface area contributed by atoms with Gasteiger partial charge in [0.2, 0.25) is 0 Å². The van der Waals surface area contributed by atoms with Gasteiger partial charge >= 0.3 is 5.97 Å². The molecule has 0 aliphatic carbocycles. The molecule has 0 bridgehead atoms. The van der Waals surface area contributed by atoms with Gasteiger partial charge in [-0.3, -0.25) is 9.69 Å². The Kier molecular flexibility index (Phi) is 3.29. The molecule has 4 heteroatoms. The Labute approximate surface area is 94.9 Å². The Hall–Kier alpha value is -1.29. The molecule has 0 saturated carbocycles. The number of aliphatic carboxylic acids is 1. The van der Waals surface area contributed by atoms with Crippen molar-refractivity contribution in [2.24, 2.45) is 5.92 Å². The fraction of sp³-hybridized carbons (Fsp3) is 0.583. The average Bonchev–Trinajstić information content (AvgIpc) is 2.73. The summed E-state index contributed by atoms with van der Waals surface area (Å²) in [7, 11) is 0. The maximum Gasteiger partial charge on any atom is 0.308 e. The lowest BCUT2D eigenvalue weighted by Gasteiger charge is -2.36. The highest BCUT2D eigenvalue weighted by Crippen LogP contribution is 2.25. The maximum atomic E-state index is 11.1. The Balaban J connectivity index is 2.01. The summed E-state index contributed by atoms with van der Waals surface area (Å²) in [5, 5.41) is 9.10. The van der Waals surface area contributed by atoms with Gasteiger partial charge in [-0.15, -0.1) is 0 Å². The molecule has 1 aliphatic rings. The molecule has 0 spiro atoms. The van der Waals surface area contributed by atoms with E-state index >= 15 is 0 Å². The molecule has 4 nitrogen and oxygen atoms in total. The summed E-state index contributed by atoms with van der Waals surface area (Å²) in [6.45, 7) is 3.64. The number of carbonyl (C=O) groups is 1. The van der Waals surface area contributed by atoms with Gasteiger partial charge in [0.05, 0.1) is 18.7 Å². The first kappa shape index (κ1) is 11.2. The van der Waals surface area contributed by atoms with E-state index in [-0.39, 0.29) is 12.0 Å². The van der Waals surface area contributed by atoms with Crippen LogP contribution in [0.5, 0.6) is 0 Å². The number of furan rings is 1. The largest absolute Gasteiger partial charge is 0.481 e. The van der Waals surface area contributed by atoms with Gasteiger partial charge in [0.1, 0.15) is 5.76 Å². The summed E-state index contributed by atoms with van der Waals surface area (Å²) in [5.74, 6) is -0.0294. The van der Waals surface area contributed by atoms with Crippen molar-refractivity contribution in [3.05, 3.63) is 24.2 Å². The normalized spacial score (nSPS) is 26.8. The Morgan fingerprint density at radius 3 is 3.12 bits per heavy atom. The van der Waals surface area contributed by atoms with Gasteiger partial charge in [0.15, 0.2) is 0 Å². The van der Waals surface area contributed by atoms with Crippen LogP contribution in [0.25, 0.3) is 0 Å². The van der Waals surface area contributed by atoms with Crippen molar-refractivity contribution in [2.75, 3.05) is 6.54 Å². The van der Waals surface area contributed by atoms with Gasteiger partial charge < -0.3 is 9.52 Å². The Morgan fingerprint density at radius 2 is 2.50 bits per heavy atom. The summed E-state index contributed by atoms with van der Waals surface area (Å²) in [4.78, 5) is 13.2. The molecular weight excluding hydrogens is 206 g/mol. The molecule has 88 valence electrons. The van der Waals surface area contributed by atoms with Gasteiger partial charge in [-0.2, -0.15) is 0 Å². The van der Waals surface area contributed by atoms with Crippen LogP contribution in [0.15, 0.2) is 22.8 Å². The fourth-order valence-corrected chi connectivity index (χ4v) is 2.37. The molecule has 0 radical (unpaired) electrons. The van der Waals surface area contributed by atoms with Crippen LogP contribution >= 0.6 is 0 Å². The molecule has 1 N–H and O–H groups in total. The van der Waals surface area contributed by atoms with Crippen molar-refractivity contribution in [2.45, 2.75) is 32.4 Å². The zero-order valence-corrected chi connectivity index (χ0v) is 9.43. The molecule has 2 atom stereocenters. The van der Waals surface area contributed by atoms with E-state index in [1.807, 2.05) is 19.1 Å². The molecule has 1 aromatic rings. The number of carboxylic acids is 1. The van der Waals surface area contributed by atoms with Gasteiger partial charge in [0.25, 0.3) is 0 Å². The highest BCUT2D eigenvalue weighted by Gasteiger charge is 2.32. The standard InChI is InChI=1S/C12H17NO3/c1-9-11(12(14)15)5-2-6-13(9)8-10-4-3-7-16-10/h3-4,7,9,11H,2,5-6,8H2,1H3,(H,14,15)/t9-,11+/m1/s1. The third-order valence-electron chi connectivity index (χ3n) is 3.37. The predicted molar refractivity (Wildman–Crippen MR) is 58.9 cm³/mol. The molecule has 0 unspecified atom stereocenters. The van der Waals surface area contributed by atoms with E-state index in [1.165, 1.54) is 0 Å². The van der Waals surface area contributed by atoms with Crippen molar-refractivity contribution in [3.8, 4) is 0 Å². The molecule has 1 aromatic heterocycles. The van der Waals surface area contributed by atoms with Crippen LogP contribution < -0.4 is 0 Å². The summed E-state index contributed by atoms with van der Waals surface area (Å²) in [6, 6.07) is 3.87. The topological polar surface area (TPSA) is 53.7 Å². The van der Waals surface area contributed by atoms with E-state index in [0.717, 1.165) is 25.1 Å². The monoisotopic (exact) mass is 223 g/mol. The van der Waals surface area contributed by atoms with E-state index in [4.69, 9.17) is 9.52 Å². The van der Waals surface area contributed by atoms with Crippen LogP contribution in [0.4, 0.5) is 0 Å². The highest BCUT2D eigenvalue weighted by atomic mass is 16.4. The quantitative estimate of drug-likeness (QED) is 0.851. The molecule has 0 amide bonds. The number of rotatable bonds is 3. The minimum Gasteiger partial charge on any atom is -0.481 e. The van der Waals surface area contributed by atoms with Crippen LogP contribution in [0.3, 0.4) is 0 Å². The van der Waals surface area contributed by atoms with Gasteiger partial charge in [-0.05, 0) is 38.4 Å². The first-order chi connectivity index (χ1) is 7.68. The second kappa shape index (κ2) is 4.70. The SMILES string of the molecule is C[C@@H]1[C@@H](C(=O)O)CCCN1Cc1ccco1. The Bertz CT molecular complexity index is 347. The first-order valence-electron chi connectivity index (χ1n) is 5.67. The summed E-state index contributed by atoms with van der Waals surface area (Å²) < 4.78 is 5.29. The zero-order valence-electron chi connectivity index (χ0n) is 9.43. The number of carboxylic acid groups (broad SMARTS) is 1. The van der Waals surface area contributed by atoms with Crippen LogP contribution in [0.2, 0.25) is 0 Å². The fourth-order valence-electron chi connectivity index (χ4n) is 2.37. The summed E-state index contributed by atoms with van der Waals surface area (Å²) in [6.07, 6.45) is 3.38. The minimum atomic E-state index is -0.684. The smallest absolute Gasteiger partial charge is 0.308 e. The maximum absolute atomic E-state index is 11.1. The minimum absolute atomic E-state index is 0.0800. The summed E-state index contributed by atoms with van der Waals surface area (Å²) >= 11 is 0. The summed E-state index contributed by atoms with van der Waals surface area (Å²) in [5.41, 5.74) is 0. The average molecular weight is 223 g/mol. The zero-order chi connectivity index (χ0) is 11.5. The molecule has 2 rings (SSSR count). The van der Waals surface area contributed by atoms with Crippen LogP contribution in [-0.4, -0.2) is 28.6 Å². The van der Waals surface area contributed by atoms with Crippen molar-refractivity contribution < 1.29 is 14.3 Å². The van der Waals surface area contributed by atoms with Gasteiger partial charge in [-0.1, -0.05) is 0 Å². The van der Waals surface area contributed by atoms with Gasteiger partial charge in [0, 0.05) is 6.04 Å². The lowest BCUT2D eigenvalue weighted by Crippen LogP contribution is -2.45. The lowest BCUT2D eigenvalue weighted by atomic mass is 9.90. The third kappa shape index (κ3) is 2.27. The van der Waals surface area contributed by atoms with Crippen molar-refractivity contribution in [1.29, 1.82) is 0 Å². The van der Waals surface area contributed by atoms with E-state index in [1.54, 1.807) is 6.26 Å². The van der Waals surface area contributed by atoms with Crippen molar-refractivity contribution in [3.63, 3.8) is 0 Å². The molecular formula is C12H17NO3. The van der Waals surface area contributed by atoms with E-state index < -0.39 is 5.97 Å². The predicted octanol–water partition coefficient (Wildman–Crippen LogP) is 1.96. The van der Waals surface area contributed by atoms with E-state index in [9.17, 15) is 4.79 Å². The van der Waals surface area contributed by atoms with Crippen molar-refractivity contribution >= 4 is 5.97 Å². The molecule has 16 heavy (non-hydrogen) atoms. The Morgan fingerprint density at radius 1 is 1.69 bits per heavy atom. The highest BCUT2D eigenvalue weighted by molar-refractivity contribution is 5.70. The number of hydrogen-bond acceptors (Lipinski definition) is 3. The van der Waals surface area contributed by atoms with E-state index in [2.05, 4.69) is 4.90 Å². The van der Waals surface area contributed by atoms with E-state index in [0.29, 0.717) is 6.54 Å². The molecule has 2 heterocycles. The first-order valence-corrected chi connectivity index (χ1v) is 5.67. The van der Waals surface area contributed by atoms with Crippen molar-refractivity contribution in [1.82, 2.24) is 4.90 Å². The second-order valence-corrected chi connectivity index (χ2v) is 4.38. The van der Waals surface area contributed by atoms with Crippen LogP contribution in [-0.2, 0) is 11.3 Å². The lowest BCUT2D eigenvalue weighted by molar-refractivity contribution is -0.145. The van der Waals surface area contributed by atoms with Crippen LogP contribution in [0.1, 0.15) is 25.5 Å². The number of piperidine rings is 1. The molecule has 1 fully saturated rings. The number of hydrogen-bond donors (Lipinski definition) is 1. The third-order valence-corrected chi connectivity index (χ3v) is 3.37. The molecule has 0 aromatic carbocycles. The molecule has 1 aliphatic heterocycles. The molecule has 1 saturated heterocycles. The van der Waals surface area contributed by atoms with Gasteiger partial charge in [-0.25, -0.2) is 0 Å².